The second-order valence-corrected chi connectivity index (χ2v) is 7.38. The van der Waals surface area contributed by atoms with Crippen LogP contribution in [0.25, 0.3) is 0 Å². The molecule has 2 amide bonds. The Morgan fingerprint density at radius 2 is 2.09 bits per heavy atom. The highest BCUT2D eigenvalue weighted by Crippen LogP contribution is 2.42. The number of urea groups is 1. The van der Waals surface area contributed by atoms with Crippen molar-refractivity contribution in [2.24, 2.45) is 0 Å². The Hall–Kier alpha value is -1.95. The third-order valence-electron chi connectivity index (χ3n) is 4.71. The van der Waals surface area contributed by atoms with Crippen molar-refractivity contribution in [2.75, 3.05) is 12.4 Å². The van der Waals surface area contributed by atoms with Gasteiger partial charge in [0.1, 0.15) is 5.01 Å². The molecule has 4 rings (SSSR count). The van der Waals surface area contributed by atoms with Crippen LogP contribution >= 0.6 is 11.3 Å². The van der Waals surface area contributed by atoms with E-state index in [0.717, 1.165) is 24.3 Å². The van der Waals surface area contributed by atoms with E-state index in [0.29, 0.717) is 11.0 Å². The van der Waals surface area contributed by atoms with Gasteiger partial charge >= 0.3 is 6.03 Å². The minimum atomic E-state index is -0.106. The maximum Gasteiger partial charge on any atom is 0.323 e. The van der Waals surface area contributed by atoms with Gasteiger partial charge in [-0.25, -0.2) is 4.79 Å². The Kier molecular flexibility index (Phi) is 3.77. The molecule has 1 aromatic heterocycles. The molecule has 2 aliphatic carbocycles. The summed E-state index contributed by atoms with van der Waals surface area (Å²) in [6.45, 7) is 0. The predicted octanol–water partition coefficient (Wildman–Crippen LogP) is 3.96. The van der Waals surface area contributed by atoms with Gasteiger partial charge in [-0.1, -0.05) is 35.6 Å². The van der Waals surface area contributed by atoms with Gasteiger partial charge in [0.2, 0.25) is 5.13 Å². The fourth-order valence-electron chi connectivity index (χ4n) is 3.23. The monoisotopic (exact) mass is 328 g/mol. The molecule has 1 unspecified atom stereocenters. The Morgan fingerprint density at radius 3 is 2.91 bits per heavy atom. The number of benzene rings is 1. The zero-order valence-corrected chi connectivity index (χ0v) is 14.0. The molecule has 1 aromatic carbocycles. The van der Waals surface area contributed by atoms with Gasteiger partial charge in [0.05, 0.1) is 6.04 Å². The topological polar surface area (TPSA) is 58.1 Å². The highest BCUT2D eigenvalue weighted by atomic mass is 32.1. The highest BCUT2D eigenvalue weighted by molar-refractivity contribution is 7.15. The Balaban J connectivity index is 1.47. The second-order valence-electron chi connectivity index (χ2n) is 6.37. The first-order chi connectivity index (χ1) is 11.2. The van der Waals surface area contributed by atoms with Crippen LogP contribution in [0.3, 0.4) is 0 Å². The van der Waals surface area contributed by atoms with Gasteiger partial charge in [0.15, 0.2) is 0 Å². The number of carbonyl (C=O) groups excluding carboxylic acids is 1. The number of rotatable bonds is 3. The largest absolute Gasteiger partial charge is 0.323 e. The maximum absolute atomic E-state index is 12.6. The Morgan fingerprint density at radius 1 is 1.26 bits per heavy atom. The summed E-state index contributed by atoms with van der Waals surface area (Å²) in [5.74, 6) is 0.570. The molecule has 0 aliphatic heterocycles. The summed E-state index contributed by atoms with van der Waals surface area (Å²) in [5, 5.41) is 12.8. The smallest absolute Gasteiger partial charge is 0.320 e. The van der Waals surface area contributed by atoms with Gasteiger partial charge in [-0.05, 0) is 43.2 Å². The number of hydrogen-bond donors (Lipinski definition) is 1. The zero-order chi connectivity index (χ0) is 15.8. The van der Waals surface area contributed by atoms with E-state index in [1.165, 1.54) is 35.3 Å². The van der Waals surface area contributed by atoms with Crippen molar-refractivity contribution in [1.29, 1.82) is 0 Å². The first kappa shape index (κ1) is 14.6. The molecule has 120 valence electrons. The number of aromatic nitrogens is 2. The molecule has 1 heterocycles. The SMILES string of the molecule is CN(C(=O)Nc1nnc(C2CC2)s1)C1CCCc2ccccc21. The van der Waals surface area contributed by atoms with Crippen LogP contribution in [0.1, 0.15) is 53.8 Å². The molecule has 1 saturated carbocycles. The van der Waals surface area contributed by atoms with E-state index in [9.17, 15) is 4.79 Å². The quantitative estimate of drug-likeness (QED) is 0.928. The van der Waals surface area contributed by atoms with Gasteiger partial charge in [-0.15, -0.1) is 10.2 Å². The molecule has 0 bridgehead atoms. The van der Waals surface area contributed by atoms with E-state index in [4.69, 9.17) is 0 Å². The van der Waals surface area contributed by atoms with Crippen LogP contribution in [-0.4, -0.2) is 28.2 Å². The highest BCUT2D eigenvalue weighted by Gasteiger charge is 2.29. The number of carbonyl (C=O) groups is 1. The number of aryl methyl sites for hydroxylation is 1. The van der Waals surface area contributed by atoms with E-state index in [-0.39, 0.29) is 12.1 Å². The second kappa shape index (κ2) is 5.92. The summed E-state index contributed by atoms with van der Waals surface area (Å²) in [4.78, 5) is 14.4. The molecule has 1 atom stereocenters. The van der Waals surface area contributed by atoms with Gasteiger partial charge in [0.25, 0.3) is 0 Å². The van der Waals surface area contributed by atoms with Gasteiger partial charge in [0, 0.05) is 13.0 Å². The average Bonchev–Trinajstić information content (AvgIpc) is 3.33. The molecule has 2 aromatic rings. The molecular weight excluding hydrogens is 308 g/mol. The van der Waals surface area contributed by atoms with Crippen molar-refractivity contribution in [1.82, 2.24) is 15.1 Å². The van der Waals surface area contributed by atoms with Crippen LogP contribution in [0.2, 0.25) is 0 Å². The van der Waals surface area contributed by atoms with E-state index in [1.54, 1.807) is 4.90 Å². The number of nitrogens with one attached hydrogen (secondary N) is 1. The summed E-state index contributed by atoms with van der Waals surface area (Å²) in [7, 11) is 1.87. The molecule has 1 fully saturated rings. The van der Waals surface area contributed by atoms with E-state index >= 15 is 0 Å². The molecule has 6 heteroatoms. The van der Waals surface area contributed by atoms with Crippen LogP contribution in [0.5, 0.6) is 0 Å². The Labute approximate surface area is 139 Å². The van der Waals surface area contributed by atoms with Crippen LogP contribution in [0.4, 0.5) is 9.93 Å². The lowest BCUT2D eigenvalue weighted by atomic mass is 9.87. The van der Waals surface area contributed by atoms with Crippen molar-refractivity contribution in [3.05, 3.63) is 40.4 Å². The molecule has 0 spiro atoms. The van der Waals surface area contributed by atoms with Crippen LogP contribution in [0, 0.1) is 0 Å². The van der Waals surface area contributed by atoms with E-state index in [1.807, 2.05) is 7.05 Å². The third kappa shape index (κ3) is 2.95. The van der Waals surface area contributed by atoms with Crippen molar-refractivity contribution < 1.29 is 4.79 Å². The van der Waals surface area contributed by atoms with Crippen LogP contribution < -0.4 is 5.32 Å². The number of anilines is 1. The number of nitrogens with zero attached hydrogens (tertiary/aromatic N) is 3. The summed E-state index contributed by atoms with van der Waals surface area (Å²) in [5.41, 5.74) is 2.63. The first-order valence-electron chi connectivity index (χ1n) is 8.17. The summed E-state index contributed by atoms with van der Waals surface area (Å²) < 4.78 is 0. The van der Waals surface area contributed by atoms with Gasteiger partial charge < -0.3 is 4.90 Å². The maximum atomic E-state index is 12.6. The zero-order valence-electron chi connectivity index (χ0n) is 13.2. The number of fused-ring (bicyclic) bond motifs is 1. The standard InChI is InChI=1S/C17H20N4OS/c1-21(14-8-4-6-11-5-2-3-7-13(11)14)17(22)18-16-20-19-15(23-16)12-9-10-12/h2-3,5,7,12,14H,4,6,8-10H2,1H3,(H,18,20,22). The van der Waals surface area contributed by atoms with Gasteiger partial charge in [-0.2, -0.15) is 0 Å². The molecule has 0 saturated heterocycles. The summed E-state index contributed by atoms with van der Waals surface area (Å²) >= 11 is 1.50. The molecule has 5 nitrogen and oxygen atoms in total. The van der Waals surface area contributed by atoms with Crippen molar-refractivity contribution >= 4 is 22.5 Å². The Bertz CT molecular complexity index is 725. The summed E-state index contributed by atoms with van der Waals surface area (Å²) in [6, 6.07) is 8.46. The van der Waals surface area contributed by atoms with Crippen molar-refractivity contribution in [3.63, 3.8) is 0 Å². The molecule has 2 aliphatic rings. The van der Waals surface area contributed by atoms with Crippen LogP contribution in [-0.2, 0) is 6.42 Å². The third-order valence-corrected chi connectivity index (χ3v) is 5.71. The van der Waals surface area contributed by atoms with E-state index < -0.39 is 0 Å². The lowest BCUT2D eigenvalue weighted by Crippen LogP contribution is -2.36. The molecular formula is C17H20N4OS. The van der Waals surface area contributed by atoms with Crippen molar-refractivity contribution in [3.8, 4) is 0 Å². The number of amides is 2. The van der Waals surface area contributed by atoms with E-state index in [2.05, 4.69) is 39.8 Å². The normalized spacial score (nSPS) is 20.0. The van der Waals surface area contributed by atoms with Crippen molar-refractivity contribution in [2.45, 2.75) is 44.1 Å². The lowest BCUT2D eigenvalue weighted by molar-refractivity contribution is 0.197. The fraction of sp³-hybridized carbons (Fsp3) is 0.471. The molecule has 0 radical (unpaired) electrons. The average molecular weight is 328 g/mol. The molecule has 23 heavy (non-hydrogen) atoms. The van der Waals surface area contributed by atoms with Crippen LogP contribution in [0.15, 0.2) is 24.3 Å². The fourth-order valence-corrected chi connectivity index (χ4v) is 4.13. The number of hydrogen-bond acceptors (Lipinski definition) is 4. The summed E-state index contributed by atoms with van der Waals surface area (Å²) in [6.07, 6.45) is 5.61. The minimum absolute atomic E-state index is 0.106. The lowest BCUT2D eigenvalue weighted by Gasteiger charge is -2.33. The minimum Gasteiger partial charge on any atom is -0.320 e. The predicted molar refractivity (Wildman–Crippen MR) is 90.8 cm³/mol. The molecule has 1 N–H and O–H groups in total. The van der Waals surface area contributed by atoms with Gasteiger partial charge in [-0.3, -0.25) is 5.32 Å². The first-order valence-corrected chi connectivity index (χ1v) is 8.99.